The van der Waals surface area contributed by atoms with Crippen molar-refractivity contribution in [3.05, 3.63) is 0 Å². The molecule has 272 valence electrons. The minimum atomic E-state index is -0.0718. The Labute approximate surface area is 289 Å². The van der Waals surface area contributed by atoms with Crippen LogP contribution in [-0.2, 0) is 9.59 Å². The van der Waals surface area contributed by atoms with Crippen LogP contribution >= 0.6 is 0 Å². The smallest absolute Gasteiger partial charge is 0.233 e. The van der Waals surface area contributed by atoms with Crippen molar-refractivity contribution in [1.82, 2.24) is 9.80 Å². The van der Waals surface area contributed by atoms with E-state index in [1.165, 1.54) is 148 Å². The number of carbonyl (C=O) groups is 2. The van der Waals surface area contributed by atoms with Gasteiger partial charge in [-0.3, -0.25) is 19.4 Å². The molecule has 0 saturated carbocycles. The summed E-state index contributed by atoms with van der Waals surface area (Å²) in [6.07, 6.45) is 36.5. The maximum Gasteiger partial charge on any atom is 0.233 e. The van der Waals surface area contributed by atoms with Crippen molar-refractivity contribution in [3.63, 3.8) is 0 Å². The van der Waals surface area contributed by atoms with Gasteiger partial charge in [-0.05, 0) is 54.0 Å². The SMILES string of the molecule is CCCCCCCCCCCCC1CC(=O)N(C2CC(C)(C)N(C)C(C)(C)C2)C1=O.CCCCCCCCCCCCCCCC. The molecule has 2 aliphatic rings. The second-order valence-electron chi connectivity index (χ2n) is 16.5. The third-order valence-corrected chi connectivity index (χ3v) is 11.3. The Morgan fingerprint density at radius 1 is 0.522 bits per heavy atom. The predicted molar refractivity (Wildman–Crippen MR) is 201 cm³/mol. The number of amides is 2. The minimum absolute atomic E-state index is 0.0123. The average molecular weight is 647 g/mol. The molecule has 2 fully saturated rings. The summed E-state index contributed by atoms with van der Waals surface area (Å²) in [5.41, 5.74) is -0.0246. The second kappa shape index (κ2) is 25.1. The monoisotopic (exact) mass is 647 g/mol. The normalized spacial score (nSPS) is 19.9. The van der Waals surface area contributed by atoms with E-state index >= 15 is 0 Å². The van der Waals surface area contributed by atoms with Gasteiger partial charge in [-0.2, -0.15) is 0 Å². The molecule has 4 heteroatoms. The van der Waals surface area contributed by atoms with Gasteiger partial charge in [0.1, 0.15) is 0 Å². The molecule has 46 heavy (non-hydrogen) atoms. The first-order valence-electron chi connectivity index (χ1n) is 20.6. The lowest BCUT2D eigenvalue weighted by Gasteiger charge is -2.54. The van der Waals surface area contributed by atoms with Crippen molar-refractivity contribution < 1.29 is 9.59 Å². The summed E-state index contributed by atoms with van der Waals surface area (Å²) in [6, 6.07) is 0.0453. The highest BCUT2D eigenvalue weighted by Crippen LogP contribution is 2.41. The van der Waals surface area contributed by atoms with E-state index in [0.29, 0.717) is 6.42 Å². The van der Waals surface area contributed by atoms with Crippen LogP contribution in [-0.4, -0.2) is 45.8 Å². The fraction of sp³-hybridized carbons (Fsp3) is 0.952. The summed E-state index contributed by atoms with van der Waals surface area (Å²) in [5.74, 6) is 0.104. The van der Waals surface area contributed by atoms with Crippen molar-refractivity contribution in [1.29, 1.82) is 0 Å². The molecule has 2 aliphatic heterocycles. The van der Waals surface area contributed by atoms with E-state index < -0.39 is 0 Å². The fourth-order valence-corrected chi connectivity index (χ4v) is 7.97. The van der Waals surface area contributed by atoms with Gasteiger partial charge in [0.15, 0.2) is 0 Å². The van der Waals surface area contributed by atoms with Crippen LogP contribution in [0.4, 0.5) is 0 Å². The summed E-state index contributed by atoms with van der Waals surface area (Å²) < 4.78 is 0. The number of likely N-dealkylation sites (tertiary alicyclic amines) is 2. The molecule has 1 atom stereocenters. The van der Waals surface area contributed by atoms with Crippen LogP contribution in [0.1, 0.15) is 228 Å². The summed E-state index contributed by atoms with van der Waals surface area (Å²) in [4.78, 5) is 29.9. The summed E-state index contributed by atoms with van der Waals surface area (Å²) >= 11 is 0. The lowest BCUT2D eigenvalue weighted by Crippen LogP contribution is -2.63. The standard InChI is InChI=1S/C26H48N2O2.C16H34/c1-7-8-9-10-11-12-13-14-15-16-17-21-18-23(29)28(24(21)30)22-19-25(2,3)27(6)26(4,5)20-22;1-3-5-7-9-11-13-15-16-14-12-10-8-6-4-2/h21-22H,7-20H2,1-6H3;3-16H2,1-2H3. The van der Waals surface area contributed by atoms with E-state index in [4.69, 9.17) is 0 Å². The first kappa shape index (κ1) is 43.1. The van der Waals surface area contributed by atoms with Gasteiger partial charge in [0, 0.05) is 29.5 Å². The molecule has 2 saturated heterocycles. The van der Waals surface area contributed by atoms with Gasteiger partial charge in [-0.15, -0.1) is 0 Å². The highest BCUT2D eigenvalue weighted by atomic mass is 16.2. The first-order valence-corrected chi connectivity index (χ1v) is 20.6. The molecule has 2 rings (SSSR count). The quantitative estimate of drug-likeness (QED) is 0.0732. The number of imide groups is 1. The highest BCUT2D eigenvalue weighted by Gasteiger charge is 2.50. The third kappa shape index (κ3) is 17.5. The Kier molecular flexibility index (Phi) is 23.6. The lowest BCUT2D eigenvalue weighted by molar-refractivity contribution is -0.146. The molecule has 0 spiro atoms. The molecular formula is C42H82N2O2. The van der Waals surface area contributed by atoms with Crippen LogP contribution in [0.5, 0.6) is 0 Å². The van der Waals surface area contributed by atoms with Crippen LogP contribution in [0, 0.1) is 5.92 Å². The second-order valence-corrected chi connectivity index (χ2v) is 16.5. The zero-order chi connectivity index (χ0) is 34.3. The zero-order valence-electron chi connectivity index (χ0n) is 32.7. The minimum Gasteiger partial charge on any atom is -0.296 e. The molecule has 0 aromatic rings. The number of unbranched alkanes of at least 4 members (excludes halogenated alkanes) is 22. The molecule has 0 radical (unpaired) electrons. The van der Waals surface area contributed by atoms with Crippen molar-refractivity contribution in [3.8, 4) is 0 Å². The Morgan fingerprint density at radius 3 is 1.15 bits per heavy atom. The van der Waals surface area contributed by atoms with Gasteiger partial charge < -0.3 is 0 Å². The number of nitrogens with zero attached hydrogens (tertiary/aromatic N) is 2. The lowest BCUT2D eigenvalue weighted by atomic mass is 9.77. The fourth-order valence-electron chi connectivity index (χ4n) is 7.97. The van der Waals surface area contributed by atoms with Crippen molar-refractivity contribution in [2.75, 3.05) is 7.05 Å². The summed E-state index contributed by atoms with van der Waals surface area (Å²) in [7, 11) is 2.16. The van der Waals surface area contributed by atoms with E-state index in [1.54, 1.807) is 4.90 Å². The average Bonchev–Trinajstić information content (AvgIpc) is 3.29. The number of hydrogen-bond acceptors (Lipinski definition) is 3. The molecule has 0 aliphatic carbocycles. The van der Waals surface area contributed by atoms with Gasteiger partial charge >= 0.3 is 0 Å². The molecule has 4 nitrogen and oxygen atoms in total. The zero-order valence-corrected chi connectivity index (χ0v) is 32.7. The maximum atomic E-state index is 13.1. The van der Waals surface area contributed by atoms with Crippen molar-refractivity contribution >= 4 is 11.8 Å². The van der Waals surface area contributed by atoms with Crippen molar-refractivity contribution in [2.45, 2.75) is 245 Å². The van der Waals surface area contributed by atoms with Crippen LogP contribution in [0.15, 0.2) is 0 Å². The van der Waals surface area contributed by atoms with E-state index in [9.17, 15) is 9.59 Å². The maximum absolute atomic E-state index is 13.1. The molecule has 0 aromatic carbocycles. The number of hydrogen-bond donors (Lipinski definition) is 0. The van der Waals surface area contributed by atoms with Gasteiger partial charge in [0.25, 0.3) is 0 Å². The van der Waals surface area contributed by atoms with Gasteiger partial charge in [-0.1, -0.05) is 175 Å². The van der Waals surface area contributed by atoms with E-state index in [-0.39, 0.29) is 34.9 Å². The van der Waals surface area contributed by atoms with Crippen LogP contribution in [0.3, 0.4) is 0 Å². The summed E-state index contributed by atoms with van der Waals surface area (Å²) in [5, 5.41) is 0. The topological polar surface area (TPSA) is 40.6 Å². The number of rotatable bonds is 25. The van der Waals surface area contributed by atoms with E-state index in [1.807, 2.05) is 0 Å². The highest BCUT2D eigenvalue weighted by molar-refractivity contribution is 6.03. The van der Waals surface area contributed by atoms with Crippen molar-refractivity contribution in [2.24, 2.45) is 5.92 Å². The molecular weight excluding hydrogens is 564 g/mol. The van der Waals surface area contributed by atoms with E-state index in [2.05, 4.69) is 60.4 Å². The first-order chi connectivity index (χ1) is 22.0. The number of piperidine rings is 1. The van der Waals surface area contributed by atoms with Crippen LogP contribution in [0.2, 0.25) is 0 Å². The summed E-state index contributed by atoms with van der Waals surface area (Å²) in [6.45, 7) is 15.8. The number of carbonyl (C=O) groups excluding carboxylic acids is 2. The molecule has 1 unspecified atom stereocenters. The third-order valence-electron chi connectivity index (χ3n) is 11.3. The molecule has 0 N–H and O–H groups in total. The van der Waals surface area contributed by atoms with Crippen LogP contribution in [0.25, 0.3) is 0 Å². The Balaban J connectivity index is 0.000000561. The van der Waals surface area contributed by atoms with Gasteiger partial charge in [0.2, 0.25) is 11.8 Å². The van der Waals surface area contributed by atoms with Crippen LogP contribution < -0.4 is 0 Å². The molecule has 2 amide bonds. The Morgan fingerprint density at radius 2 is 0.826 bits per heavy atom. The molecule has 0 aromatic heterocycles. The largest absolute Gasteiger partial charge is 0.296 e. The Bertz CT molecular complexity index is 744. The molecule has 2 heterocycles. The Hall–Kier alpha value is -0.900. The van der Waals surface area contributed by atoms with Gasteiger partial charge in [-0.25, -0.2) is 0 Å². The van der Waals surface area contributed by atoms with Gasteiger partial charge in [0.05, 0.1) is 0 Å². The van der Waals surface area contributed by atoms with E-state index in [0.717, 1.165) is 25.7 Å². The molecule has 0 bridgehead atoms. The predicted octanol–water partition coefficient (Wildman–Crippen LogP) is 12.8.